The van der Waals surface area contributed by atoms with Gasteiger partial charge in [0.15, 0.2) is 11.7 Å². The Bertz CT molecular complexity index is 799. The molecule has 2 rings (SSSR count). The molecule has 2 N–H and O–H groups in total. The molecule has 0 aliphatic carbocycles. The Labute approximate surface area is 167 Å². The maximum atomic E-state index is 12.6. The van der Waals surface area contributed by atoms with Gasteiger partial charge in [0.25, 0.3) is 0 Å². The van der Waals surface area contributed by atoms with Gasteiger partial charge in [0.1, 0.15) is 0 Å². The number of benzene rings is 1. The number of aliphatic imine (C=N–C) groups is 1. The second-order valence-corrected chi connectivity index (χ2v) is 7.44. The van der Waals surface area contributed by atoms with Gasteiger partial charge in [-0.1, -0.05) is 6.07 Å². The number of aromatic nitrogens is 1. The highest BCUT2D eigenvalue weighted by molar-refractivity contribution is 7.09. The van der Waals surface area contributed by atoms with Crippen LogP contribution < -0.4 is 15.5 Å². The first-order valence-electron chi connectivity index (χ1n) is 9.01. The lowest BCUT2D eigenvalue weighted by Crippen LogP contribution is -2.38. The summed E-state index contributed by atoms with van der Waals surface area (Å²) in [5.41, 5.74) is 2.59. The molecule has 0 saturated heterocycles. The first-order valence-corrected chi connectivity index (χ1v) is 9.89. The van der Waals surface area contributed by atoms with Gasteiger partial charge < -0.3 is 15.5 Å². The molecule has 9 heteroatoms. The second-order valence-electron chi connectivity index (χ2n) is 6.50. The summed E-state index contributed by atoms with van der Waals surface area (Å²) in [6, 6.07) is 6.23. The monoisotopic (exact) mass is 413 g/mol. The standard InChI is InChI=1S/C19H26F3N5S/c1-5-23-18(24-9-8-17-26-16(12-28-17)19(20,21)22)25-11-14-6-7-15(27(3)4)10-13(14)2/h6-7,10,12H,5,8-9,11H2,1-4H3,(H2,23,24,25). The van der Waals surface area contributed by atoms with Crippen molar-refractivity contribution in [3.63, 3.8) is 0 Å². The van der Waals surface area contributed by atoms with Gasteiger partial charge in [0.2, 0.25) is 0 Å². The number of nitrogens with zero attached hydrogens (tertiary/aromatic N) is 3. The van der Waals surface area contributed by atoms with Crippen LogP contribution in [0, 0.1) is 6.92 Å². The molecular weight excluding hydrogens is 387 g/mol. The van der Waals surface area contributed by atoms with Crippen molar-refractivity contribution < 1.29 is 13.2 Å². The number of nitrogens with one attached hydrogen (secondary N) is 2. The van der Waals surface area contributed by atoms with E-state index in [1.54, 1.807) is 0 Å². The zero-order valence-corrected chi connectivity index (χ0v) is 17.3. The van der Waals surface area contributed by atoms with Crippen LogP contribution in [0.5, 0.6) is 0 Å². The summed E-state index contributed by atoms with van der Waals surface area (Å²) >= 11 is 1.02. The number of halogens is 3. The number of thiazole rings is 1. The molecular formula is C19H26F3N5S. The van der Waals surface area contributed by atoms with Crippen molar-refractivity contribution in [3.8, 4) is 0 Å². The summed E-state index contributed by atoms with van der Waals surface area (Å²) in [5, 5.41) is 7.80. The van der Waals surface area contributed by atoms with Crippen LogP contribution in [-0.4, -0.2) is 38.1 Å². The summed E-state index contributed by atoms with van der Waals surface area (Å²) in [6.07, 6.45) is -3.99. The summed E-state index contributed by atoms with van der Waals surface area (Å²) in [6.45, 7) is 5.68. The average molecular weight is 414 g/mol. The van der Waals surface area contributed by atoms with E-state index in [0.29, 0.717) is 37.0 Å². The molecule has 2 aromatic rings. The summed E-state index contributed by atoms with van der Waals surface area (Å²) < 4.78 is 37.8. The number of hydrogen-bond acceptors (Lipinski definition) is 4. The molecule has 0 bridgehead atoms. The summed E-state index contributed by atoms with van der Waals surface area (Å²) in [5.74, 6) is 0.631. The lowest BCUT2D eigenvalue weighted by Gasteiger charge is -2.15. The highest BCUT2D eigenvalue weighted by Crippen LogP contribution is 2.30. The summed E-state index contributed by atoms with van der Waals surface area (Å²) in [7, 11) is 4.00. The maximum absolute atomic E-state index is 12.6. The van der Waals surface area contributed by atoms with Gasteiger partial charge >= 0.3 is 6.18 Å². The fourth-order valence-electron chi connectivity index (χ4n) is 2.49. The molecule has 0 aliphatic heterocycles. The van der Waals surface area contributed by atoms with Crippen LogP contribution in [0.4, 0.5) is 18.9 Å². The average Bonchev–Trinajstić information content (AvgIpc) is 3.09. The minimum atomic E-state index is -4.39. The van der Waals surface area contributed by atoms with Gasteiger partial charge in [0, 0.05) is 44.7 Å². The van der Waals surface area contributed by atoms with Crippen molar-refractivity contribution in [2.45, 2.75) is 33.0 Å². The zero-order chi connectivity index (χ0) is 20.7. The van der Waals surface area contributed by atoms with Crippen LogP contribution in [0.3, 0.4) is 0 Å². The minimum absolute atomic E-state index is 0.404. The molecule has 0 fully saturated rings. The van der Waals surface area contributed by atoms with E-state index in [0.717, 1.165) is 33.5 Å². The van der Waals surface area contributed by atoms with E-state index in [-0.39, 0.29) is 0 Å². The van der Waals surface area contributed by atoms with Gasteiger partial charge in [-0.15, -0.1) is 11.3 Å². The van der Waals surface area contributed by atoms with Gasteiger partial charge in [0.05, 0.1) is 11.6 Å². The topological polar surface area (TPSA) is 52.6 Å². The van der Waals surface area contributed by atoms with Gasteiger partial charge in [-0.25, -0.2) is 9.98 Å². The van der Waals surface area contributed by atoms with Crippen LogP contribution in [0.25, 0.3) is 0 Å². The van der Waals surface area contributed by atoms with E-state index in [1.165, 1.54) is 0 Å². The lowest BCUT2D eigenvalue weighted by molar-refractivity contribution is -0.140. The van der Waals surface area contributed by atoms with Crippen LogP contribution >= 0.6 is 11.3 Å². The Morgan fingerprint density at radius 2 is 2.00 bits per heavy atom. The molecule has 0 atom stereocenters. The Hall–Kier alpha value is -2.29. The predicted octanol–water partition coefficient (Wildman–Crippen LogP) is 3.83. The highest BCUT2D eigenvalue weighted by Gasteiger charge is 2.33. The van der Waals surface area contributed by atoms with E-state index in [2.05, 4.69) is 50.6 Å². The van der Waals surface area contributed by atoms with E-state index < -0.39 is 11.9 Å². The quantitative estimate of drug-likeness (QED) is 0.535. The first-order chi connectivity index (χ1) is 13.2. The van der Waals surface area contributed by atoms with Crippen molar-refractivity contribution in [2.24, 2.45) is 4.99 Å². The molecule has 0 unspecified atom stereocenters. The molecule has 0 aliphatic rings. The van der Waals surface area contributed by atoms with E-state index in [4.69, 9.17) is 0 Å². The molecule has 5 nitrogen and oxygen atoms in total. The Kier molecular flexibility index (Phi) is 7.68. The Morgan fingerprint density at radius 3 is 2.57 bits per heavy atom. The Morgan fingerprint density at radius 1 is 1.25 bits per heavy atom. The third kappa shape index (κ3) is 6.40. The SMILES string of the molecule is CCNC(=NCc1ccc(N(C)C)cc1C)NCCc1nc(C(F)(F)F)cs1. The summed E-state index contributed by atoms with van der Waals surface area (Å²) in [4.78, 5) is 10.3. The fourth-order valence-corrected chi connectivity index (χ4v) is 3.29. The van der Waals surface area contributed by atoms with Crippen molar-refractivity contribution >= 4 is 23.0 Å². The molecule has 28 heavy (non-hydrogen) atoms. The van der Waals surface area contributed by atoms with Crippen molar-refractivity contribution in [3.05, 3.63) is 45.4 Å². The fraction of sp³-hybridized carbons (Fsp3) is 0.474. The van der Waals surface area contributed by atoms with E-state index in [9.17, 15) is 13.2 Å². The first kappa shape index (κ1) is 22.0. The number of hydrogen-bond donors (Lipinski definition) is 2. The number of aryl methyl sites for hydroxylation is 1. The van der Waals surface area contributed by atoms with Crippen molar-refractivity contribution in [1.29, 1.82) is 0 Å². The van der Waals surface area contributed by atoms with Gasteiger partial charge in [-0.05, 0) is 37.1 Å². The number of rotatable bonds is 7. The largest absolute Gasteiger partial charge is 0.434 e. The predicted molar refractivity (Wildman–Crippen MR) is 109 cm³/mol. The molecule has 0 amide bonds. The number of guanidine groups is 1. The maximum Gasteiger partial charge on any atom is 0.434 e. The third-order valence-electron chi connectivity index (χ3n) is 4.07. The van der Waals surface area contributed by atoms with Gasteiger partial charge in [-0.3, -0.25) is 0 Å². The normalized spacial score (nSPS) is 12.2. The molecule has 1 aromatic heterocycles. The van der Waals surface area contributed by atoms with Crippen LogP contribution in [0.15, 0.2) is 28.6 Å². The zero-order valence-electron chi connectivity index (χ0n) is 16.5. The smallest absolute Gasteiger partial charge is 0.378 e. The highest BCUT2D eigenvalue weighted by atomic mass is 32.1. The molecule has 0 radical (unpaired) electrons. The van der Waals surface area contributed by atoms with Crippen molar-refractivity contribution in [1.82, 2.24) is 15.6 Å². The Balaban J connectivity index is 1.94. The molecule has 0 saturated carbocycles. The number of alkyl halides is 3. The lowest BCUT2D eigenvalue weighted by atomic mass is 10.1. The molecule has 1 aromatic carbocycles. The van der Waals surface area contributed by atoms with Crippen molar-refractivity contribution in [2.75, 3.05) is 32.1 Å². The van der Waals surface area contributed by atoms with E-state index >= 15 is 0 Å². The molecule has 1 heterocycles. The van der Waals surface area contributed by atoms with Gasteiger partial charge in [-0.2, -0.15) is 13.2 Å². The van der Waals surface area contributed by atoms with Crippen LogP contribution in [0.1, 0.15) is 28.8 Å². The molecule has 154 valence electrons. The molecule has 0 spiro atoms. The third-order valence-corrected chi connectivity index (χ3v) is 4.98. The van der Waals surface area contributed by atoms with E-state index in [1.807, 2.05) is 21.0 Å². The minimum Gasteiger partial charge on any atom is -0.378 e. The number of anilines is 1. The van der Waals surface area contributed by atoms with Crippen LogP contribution in [0.2, 0.25) is 0 Å². The second kappa shape index (κ2) is 9.77. The van der Waals surface area contributed by atoms with Crippen LogP contribution in [-0.2, 0) is 19.1 Å².